The summed E-state index contributed by atoms with van der Waals surface area (Å²) in [7, 11) is -4.49. The fourth-order valence-electron chi connectivity index (χ4n) is 1.73. The highest BCUT2D eigenvalue weighted by Crippen LogP contribution is 2.20. The first-order valence-corrected chi connectivity index (χ1v) is 9.90. The molecular weight excluding hydrogens is 342 g/mol. The molecule has 1 aromatic carbocycles. The van der Waals surface area contributed by atoms with E-state index in [-0.39, 0.29) is 17.2 Å². The third kappa shape index (κ3) is 4.99. The van der Waals surface area contributed by atoms with E-state index in [9.17, 15) is 21.6 Å². The number of hydrogen-bond acceptors (Lipinski definition) is 5. The van der Waals surface area contributed by atoms with Gasteiger partial charge in [-0.1, -0.05) is 6.07 Å². The predicted molar refractivity (Wildman–Crippen MR) is 88.1 cm³/mol. The standard InChI is InChI=1S/C13H21N3O5S2/c1-5-22(18,19)16(4)9-13(17)15-12-8-11(7-6-10(12)2)23(20,21)14-3/h6-8,14H,5,9H2,1-4H3,(H,15,17). The van der Waals surface area contributed by atoms with Crippen LogP contribution in [0.5, 0.6) is 0 Å². The summed E-state index contributed by atoms with van der Waals surface area (Å²) >= 11 is 0. The van der Waals surface area contributed by atoms with Gasteiger partial charge in [0.15, 0.2) is 0 Å². The van der Waals surface area contributed by atoms with E-state index in [1.807, 2.05) is 0 Å². The van der Waals surface area contributed by atoms with Gasteiger partial charge in [-0.15, -0.1) is 0 Å². The van der Waals surface area contributed by atoms with Crippen molar-refractivity contribution in [2.75, 3.05) is 31.7 Å². The van der Waals surface area contributed by atoms with Crippen molar-refractivity contribution in [3.05, 3.63) is 23.8 Å². The van der Waals surface area contributed by atoms with Gasteiger partial charge in [-0.3, -0.25) is 4.79 Å². The van der Waals surface area contributed by atoms with E-state index in [2.05, 4.69) is 10.0 Å². The second-order valence-electron chi connectivity index (χ2n) is 4.89. The van der Waals surface area contributed by atoms with Crippen LogP contribution >= 0.6 is 0 Å². The third-order valence-corrected chi connectivity index (χ3v) is 6.49. The molecule has 0 saturated heterocycles. The van der Waals surface area contributed by atoms with Crippen molar-refractivity contribution in [2.24, 2.45) is 0 Å². The zero-order valence-electron chi connectivity index (χ0n) is 13.5. The lowest BCUT2D eigenvalue weighted by atomic mass is 10.2. The van der Waals surface area contributed by atoms with E-state index < -0.39 is 26.0 Å². The topological polar surface area (TPSA) is 113 Å². The van der Waals surface area contributed by atoms with Crippen molar-refractivity contribution in [1.82, 2.24) is 9.03 Å². The molecule has 23 heavy (non-hydrogen) atoms. The van der Waals surface area contributed by atoms with Crippen LogP contribution in [0.15, 0.2) is 23.1 Å². The average molecular weight is 363 g/mol. The molecule has 8 nitrogen and oxygen atoms in total. The molecule has 0 bridgehead atoms. The molecule has 1 amide bonds. The van der Waals surface area contributed by atoms with Crippen molar-refractivity contribution in [3.8, 4) is 0 Å². The van der Waals surface area contributed by atoms with E-state index in [0.717, 1.165) is 4.31 Å². The minimum atomic E-state index is -3.63. The molecule has 1 aromatic rings. The smallest absolute Gasteiger partial charge is 0.240 e. The lowest BCUT2D eigenvalue weighted by molar-refractivity contribution is -0.116. The van der Waals surface area contributed by atoms with Gasteiger partial charge in [0.05, 0.1) is 17.2 Å². The molecule has 0 saturated carbocycles. The first-order valence-electron chi connectivity index (χ1n) is 6.81. The number of nitrogens with one attached hydrogen (secondary N) is 2. The van der Waals surface area contributed by atoms with E-state index in [1.165, 1.54) is 33.2 Å². The monoisotopic (exact) mass is 363 g/mol. The van der Waals surface area contributed by atoms with Gasteiger partial charge < -0.3 is 5.32 Å². The molecule has 0 heterocycles. The molecule has 0 aliphatic rings. The Morgan fingerprint density at radius 2 is 1.83 bits per heavy atom. The molecule has 130 valence electrons. The van der Waals surface area contributed by atoms with Gasteiger partial charge in [-0.05, 0) is 38.6 Å². The van der Waals surface area contributed by atoms with Crippen molar-refractivity contribution in [3.63, 3.8) is 0 Å². The number of carbonyl (C=O) groups excluding carboxylic acids is 1. The number of carbonyl (C=O) groups is 1. The Labute approximate surface area is 137 Å². The fraction of sp³-hybridized carbons (Fsp3) is 0.462. The van der Waals surface area contributed by atoms with Gasteiger partial charge in [-0.25, -0.2) is 21.6 Å². The second kappa shape index (κ2) is 7.39. The number of benzene rings is 1. The van der Waals surface area contributed by atoms with Crippen LogP contribution < -0.4 is 10.0 Å². The molecular formula is C13H21N3O5S2. The number of anilines is 1. The van der Waals surface area contributed by atoms with Gasteiger partial charge in [0.1, 0.15) is 0 Å². The highest BCUT2D eigenvalue weighted by molar-refractivity contribution is 7.89. The summed E-state index contributed by atoms with van der Waals surface area (Å²) < 4.78 is 50.0. The van der Waals surface area contributed by atoms with Crippen LogP contribution in [0, 0.1) is 6.92 Å². The van der Waals surface area contributed by atoms with Crippen molar-refractivity contribution in [1.29, 1.82) is 0 Å². The SMILES string of the molecule is CCS(=O)(=O)N(C)CC(=O)Nc1cc(S(=O)(=O)NC)ccc1C. The fourth-order valence-corrected chi connectivity index (χ4v) is 3.24. The van der Waals surface area contributed by atoms with E-state index in [4.69, 9.17) is 0 Å². The Morgan fingerprint density at radius 1 is 1.22 bits per heavy atom. The summed E-state index contributed by atoms with van der Waals surface area (Å²) in [6.07, 6.45) is 0. The molecule has 1 rings (SSSR count). The minimum Gasteiger partial charge on any atom is -0.325 e. The van der Waals surface area contributed by atoms with Crippen LogP contribution in [0.1, 0.15) is 12.5 Å². The van der Waals surface area contributed by atoms with Crippen LogP contribution in [-0.4, -0.2) is 53.4 Å². The maximum atomic E-state index is 12.0. The number of rotatable bonds is 7. The average Bonchev–Trinajstić information content (AvgIpc) is 2.49. The van der Waals surface area contributed by atoms with E-state index in [0.29, 0.717) is 11.3 Å². The second-order valence-corrected chi connectivity index (χ2v) is 9.14. The number of aryl methyl sites for hydroxylation is 1. The van der Waals surface area contributed by atoms with Crippen molar-refractivity contribution >= 4 is 31.6 Å². The molecule has 10 heteroatoms. The normalized spacial score (nSPS) is 12.4. The van der Waals surface area contributed by atoms with Crippen LogP contribution in [0.25, 0.3) is 0 Å². The maximum absolute atomic E-state index is 12.0. The summed E-state index contributed by atoms with van der Waals surface area (Å²) in [5.74, 6) is -0.655. The van der Waals surface area contributed by atoms with Gasteiger partial charge in [0.2, 0.25) is 26.0 Å². The lowest BCUT2D eigenvalue weighted by Crippen LogP contribution is -2.35. The molecule has 0 aliphatic carbocycles. The van der Waals surface area contributed by atoms with Crippen LogP contribution in [0.2, 0.25) is 0 Å². The van der Waals surface area contributed by atoms with Gasteiger partial charge in [0, 0.05) is 12.7 Å². The number of nitrogens with zero attached hydrogens (tertiary/aromatic N) is 1. The lowest BCUT2D eigenvalue weighted by Gasteiger charge is -2.16. The molecule has 0 aliphatic heterocycles. The molecule has 0 atom stereocenters. The molecule has 0 fully saturated rings. The highest BCUT2D eigenvalue weighted by Gasteiger charge is 2.19. The minimum absolute atomic E-state index is 0.00966. The number of sulfonamides is 2. The summed E-state index contributed by atoms with van der Waals surface area (Å²) in [4.78, 5) is 12.0. The Bertz CT molecular complexity index is 788. The molecule has 0 aromatic heterocycles. The number of hydrogen-bond donors (Lipinski definition) is 2. The van der Waals surface area contributed by atoms with Crippen molar-refractivity contribution < 1.29 is 21.6 Å². The largest absolute Gasteiger partial charge is 0.325 e. The number of likely N-dealkylation sites (N-methyl/N-ethyl adjacent to an activating group) is 1. The summed E-state index contributed by atoms with van der Waals surface area (Å²) in [6, 6.07) is 4.31. The maximum Gasteiger partial charge on any atom is 0.240 e. The first-order chi connectivity index (χ1) is 10.5. The zero-order valence-corrected chi connectivity index (χ0v) is 15.1. The summed E-state index contributed by atoms with van der Waals surface area (Å²) in [6.45, 7) is 2.84. The molecule has 2 N–H and O–H groups in total. The van der Waals surface area contributed by atoms with E-state index in [1.54, 1.807) is 13.0 Å². The third-order valence-electron chi connectivity index (χ3n) is 3.27. The Hall–Kier alpha value is -1.49. The first kappa shape index (κ1) is 19.6. The molecule has 0 spiro atoms. The molecule has 0 radical (unpaired) electrons. The Kier molecular flexibility index (Phi) is 6.28. The van der Waals surface area contributed by atoms with E-state index >= 15 is 0 Å². The van der Waals surface area contributed by atoms with Gasteiger partial charge >= 0.3 is 0 Å². The zero-order chi connectivity index (χ0) is 17.8. The number of amides is 1. The molecule has 0 unspecified atom stereocenters. The highest BCUT2D eigenvalue weighted by atomic mass is 32.2. The van der Waals surface area contributed by atoms with Gasteiger partial charge in [0.25, 0.3) is 0 Å². The predicted octanol–water partition coefficient (Wildman–Crippen LogP) is 0.123. The van der Waals surface area contributed by atoms with Crippen LogP contribution in [0.3, 0.4) is 0 Å². The van der Waals surface area contributed by atoms with Crippen LogP contribution in [0.4, 0.5) is 5.69 Å². The van der Waals surface area contributed by atoms with Crippen molar-refractivity contribution in [2.45, 2.75) is 18.7 Å². The van der Waals surface area contributed by atoms with Gasteiger partial charge in [-0.2, -0.15) is 4.31 Å². The summed E-state index contributed by atoms with van der Waals surface area (Å²) in [5.41, 5.74) is 0.975. The Balaban J connectivity index is 2.97. The summed E-state index contributed by atoms with van der Waals surface area (Å²) in [5, 5.41) is 2.54. The quantitative estimate of drug-likeness (QED) is 0.715. The Morgan fingerprint density at radius 3 is 2.35 bits per heavy atom. The van der Waals surface area contributed by atoms with Crippen LogP contribution in [-0.2, 0) is 24.8 Å².